The van der Waals surface area contributed by atoms with E-state index in [-0.39, 0.29) is 22.4 Å². The van der Waals surface area contributed by atoms with Crippen LogP contribution in [0.3, 0.4) is 0 Å². The van der Waals surface area contributed by atoms with Crippen LogP contribution in [0, 0.1) is 17.6 Å². The van der Waals surface area contributed by atoms with Crippen LogP contribution in [0.4, 0.5) is 8.78 Å². The first-order valence-electron chi connectivity index (χ1n) is 5.49. The van der Waals surface area contributed by atoms with Gasteiger partial charge in [-0.25, -0.2) is 8.78 Å². The van der Waals surface area contributed by atoms with Gasteiger partial charge in [-0.15, -0.1) is 0 Å². The Balaban J connectivity index is 2.14. The Morgan fingerprint density at radius 1 is 1.29 bits per heavy atom. The zero-order valence-electron chi connectivity index (χ0n) is 9.04. The van der Waals surface area contributed by atoms with Crippen LogP contribution in [0.5, 0.6) is 0 Å². The molecule has 2 unspecified atom stereocenters. The Kier molecular flexibility index (Phi) is 3.80. The normalized spacial score (nSPS) is 19.1. The van der Waals surface area contributed by atoms with Crippen LogP contribution in [0.15, 0.2) is 16.6 Å². The first kappa shape index (κ1) is 12.9. The molecule has 0 radical (unpaired) electrons. The van der Waals surface area contributed by atoms with Crippen LogP contribution in [0.2, 0.25) is 0 Å². The molecule has 0 amide bonds. The van der Waals surface area contributed by atoms with Crippen molar-refractivity contribution in [1.29, 1.82) is 0 Å². The Labute approximate surface area is 106 Å². The fourth-order valence-electron chi connectivity index (χ4n) is 1.84. The number of aliphatic hydroxyl groups is 2. The summed E-state index contributed by atoms with van der Waals surface area (Å²) < 4.78 is 27.2. The minimum atomic E-state index is -1.12. The zero-order valence-corrected chi connectivity index (χ0v) is 10.6. The molecule has 1 aromatic carbocycles. The van der Waals surface area contributed by atoms with Gasteiger partial charge in [0.15, 0.2) is 0 Å². The van der Waals surface area contributed by atoms with Crippen molar-refractivity contribution >= 4 is 15.9 Å². The molecule has 1 fully saturated rings. The molecule has 0 heterocycles. The molecule has 0 aliphatic heterocycles. The zero-order chi connectivity index (χ0) is 12.6. The quantitative estimate of drug-likeness (QED) is 0.839. The topological polar surface area (TPSA) is 40.5 Å². The number of halogens is 3. The number of hydrogen-bond donors (Lipinski definition) is 2. The van der Waals surface area contributed by atoms with Gasteiger partial charge in [-0.2, -0.15) is 0 Å². The number of rotatable bonds is 4. The molecule has 0 aromatic heterocycles. The minimum absolute atomic E-state index is 0.0725. The predicted molar refractivity (Wildman–Crippen MR) is 62.5 cm³/mol. The van der Waals surface area contributed by atoms with Gasteiger partial charge in [0.2, 0.25) is 0 Å². The van der Waals surface area contributed by atoms with Crippen molar-refractivity contribution in [3.63, 3.8) is 0 Å². The summed E-state index contributed by atoms with van der Waals surface area (Å²) in [5.74, 6) is -1.34. The number of aliphatic hydroxyl groups excluding tert-OH is 2. The lowest BCUT2D eigenvalue weighted by atomic mass is 10.0. The van der Waals surface area contributed by atoms with Crippen LogP contribution in [0.1, 0.15) is 18.4 Å². The maximum Gasteiger partial charge on any atom is 0.143 e. The summed E-state index contributed by atoms with van der Waals surface area (Å²) in [6.45, 7) is 0. The van der Waals surface area contributed by atoms with Gasteiger partial charge in [-0.1, -0.05) is 0 Å². The summed E-state index contributed by atoms with van der Waals surface area (Å²) in [5.41, 5.74) is -0.188. The Bertz CT molecular complexity index is 421. The van der Waals surface area contributed by atoms with Gasteiger partial charge in [-0.3, -0.25) is 0 Å². The maximum atomic E-state index is 13.6. The molecule has 2 nitrogen and oxygen atoms in total. The van der Waals surface area contributed by atoms with E-state index in [2.05, 4.69) is 15.9 Å². The molecule has 2 N–H and O–H groups in total. The third-order valence-corrected chi connectivity index (χ3v) is 3.66. The molecule has 17 heavy (non-hydrogen) atoms. The lowest BCUT2D eigenvalue weighted by molar-refractivity contribution is 0.00586. The molecule has 2 atom stereocenters. The van der Waals surface area contributed by atoms with Crippen molar-refractivity contribution < 1.29 is 19.0 Å². The molecule has 2 rings (SSSR count). The molecule has 1 aliphatic carbocycles. The van der Waals surface area contributed by atoms with Crippen LogP contribution < -0.4 is 0 Å². The third-order valence-electron chi connectivity index (χ3n) is 3.05. The first-order chi connectivity index (χ1) is 8.00. The van der Waals surface area contributed by atoms with E-state index in [1.54, 1.807) is 0 Å². The largest absolute Gasteiger partial charge is 0.390 e. The Morgan fingerprint density at radius 2 is 1.94 bits per heavy atom. The van der Waals surface area contributed by atoms with E-state index in [0.717, 1.165) is 18.9 Å². The summed E-state index contributed by atoms with van der Waals surface area (Å²) >= 11 is 2.96. The highest BCUT2D eigenvalue weighted by atomic mass is 79.9. The van der Waals surface area contributed by atoms with Gasteiger partial charge < -0.3 is 10.2 Å². The third kappa shape index (κ3) is 2.84. The minimum Gasteiger partial charge on any atom is -0.390 e. The van der Waals surface area contributed by atoms with E-state index in [1.807, 2.05) is 0 Å². The Hall–Kier alpha value is -0.520. The fourth-order valence-corrected chi connectivity index (χ4v) is 2.21. The molecule has 0 spiro atoms. The van der Waals surface area contributed by atoms with Gasteiger partial charge in [-0.05, 0) is 46.8 Å². The molecule has 1 saturated carbocycles. The summed E-state index contributed by atoms with van der Waals surface area (Å²) in [5, 5.41) is 19.4. The Morgan fingerprint density at radius 3 is 2.53 bits per heavy atom. The van der Waals surface area contributed by atoms with E-state index in [4.69, 9.17) is 0 Å². The van der Waals surface area contributed by atoms with Crippen molar-refractivity contribution in [3.8, 4) is 0 Å². The average Bonchev–Trinajstić information content (AvgIpc) is 3.12. The highest BCUT2D eigenvalue weighted by Gasteiger charge is 2.35. The number of benzene rings is 1. The SMILES string of the molecule is OC(Cc1c(F)ccc(Br)c1F)C(O)C1CC1. The lowest BCUT2D eigenvalue weighted by Crippen LogP contribution is -2.30. The molecule has 94 valence electrons. The average molecular weight is 307 g/mol. The van der Waals surface area contributed by atoms with Crippen LogP contribution in [-0.2, 0) is 6.42 Å². The molecule has 0 saturated heterocycles. The van der Waals surface area contributed by atoms with Crippen molar-refractivity contribution in [2.45, 2.75) is 31.5 Å². The second kappa shape index (κ2) is 5.00. The van der Waals surface area contributed by atoms with Crippen LogP contribution >= 0.6 is 15.9 Å². The van der Waals surface area contributed by atoms with Crippen molar-refractivity contribution in [2.24, 2.45) is 5.92 Å². The molecule has 5 heteroatoms. The van der Waals surface area contributed by atoms with Gasteiger partial charge >= 0.3 is 0 Å². The molecular weight excluding hydrogens is 294 g/mol. The van der Waals surface area contributed by atoms with Gasteiger partial charge in [0, 0.05) is 12.0 Å². The number of hydrogen-bond acceptors (Lipinski definition) is 2. The summed E-state index contributed by atoms with van der Waals surface area (Å²) in [6.07, 6.45) is -0.508. The highest BCUT2D eigenvalue weighted by Crippen LogP contribution is 2.35. The summed E-state index contributed by atoms with van der Waals surface area (Å²) in [4.78, 5) is 0. The van der Waals surface area contributed by atoms with E-state index < -0.39 is 23.8 Å². The highest BCUT2D eigenvalue weighted by molar-refractivity contribution is 9.10. The van der Waals surface area contributed by atoms with Crippen molar-refractivity contribution in [3.05, 3.63) is 33.8 Å². The first-order valence-corrected chi connectivity index (χ1v) is 6.28. The van der Waals surface area contributed by atoms with E-state index in [0.29, 0.717) is 0 Å². The summed E-state index contributed by atoms with van der Waals surface area (Å²) in [7, 11) is 0. The maximum absolute atomic E-state index is 13.6. The van der Waals surface area contributed by atoms with E-state index in [9.17, 15) is 19.0 Å². The monoisotopic (exact) mass is 306 g/mol. The van der Waals surface area contributed by atoms with Gasteiger partial charge in [0.25, 0.3) is 0 Å². The van der Waals surface area contributed by atoms with E-state index in [1.165, 1.54) is 6.07 Å². The predicted octanol–water partition coefficient (Wildman–Crippen LogP) is 2.40. The van der Waals surface area contributed by atoms with Crippen LogP contribution in [-0.4, -0.2) is 22.4 Å². The van der Waals surface area contributed by atoms with Crippen molar-refractivity contribution in [1.82, 2.24) is 0 Å². The molecule has 0 bridgehead atoms. The molecular formula is C12H13BrF2O2. The lowest BCUT2D eigenvalue weighted by Gasteiger charge is -2.18. The smallest absolute Gasteiger partial charge is 0.143 e. The summed E-state index contributed by atoms with van der Waals surface area (Å²) in [6, 6.07) is 2.41. The standard InChI is InChI=1S/C12H13BrF2O2/c13-8-3-4-9(14)7(11(8)15)5-10(16)12(17)6-1-2-6/h3-4,6,10,12,16-17H,1-2,5H2. The second-order valence-corrected chi connectivity index (χ2v) is 5.28. The van der Waals surface area contributed by atoms with Gasteiger partial charge in [0.1, 0.15) is 11.6 Å². The van der Waals surface area contributed by atoms with E-state index >= 15 is 0 Å². The van der Waals surface area contributed by atoms with Gasteiger partial charge in [0.05, 0.1) is 16.7 Å². The molecule has 1 aromatic rings. The van der Waals surface area contributed by atoms with Crippen LogP contribution in [0.25, 0.3) is 0 Å². The second-order valence-electron chi connectivity index (χ2n) is 4.42. The fraction of sp³-hybridized carbons (Fsp3) is 0.500. The molecule has 1 aliphatic rings. The van der Waals surface area contributed by atoms with Crippen molar-refractivity contribution in [2.75, 3.05) is 0 Å².